The molecule has 2 heteroatoms. The average Bonchev–Trinajstić information content (AvgIpc) is 2.41. The molecule has 1 aliphatic carbocycles. The third kappa shape index (κ3) is 1.92. The van der Waals surface area contributed by atoms with E-state index < -0.39 is 11.6 Å². The lowest BCUT2D eigenvalue weighted by atomic mass is 9.79. The molecule has 0 aromatic heterocycles. The van der Waals surface area contributed by atoms with Gasteiger partial charge in [-0.2, -0.15) is 0 Å². The van der Waals surface area contributed by atoms with Gasteiger partial charge in [0.1, 0.15) is 0 Å². The number of rotatable bonds is 1. The summed E-state index contributed by atoms with van der Waals surface area (Å²) in [6.45, 7) is 0. The molecule has 0 N–H and O–H groups in total. The van der Waals surface area contributed by atoms with E-state index in [1.807, 2.05) is 12.1 Å². The summed E-state index contributed by atoms with van der Waals surface area (Å²) >= 11 is 0. The first-order chi connectivity index (χ1) is 8.75. The van der Waals surface area contributed by atoms with Gasteiger partial charge in [0.05, 0.1) is 0 Å². The quantitative estimate of drug-likeness (QED) is 0.696. The summed E-state index contributed by atoms with van der Waals surface area (Å²) in [4.78, 5) is 0. The SMILES string of the molecule is Fc1ccc(C2CCCc3ccccc32)cc1F. The molecule has 2 aromatic carbocycles. The minimum absolute atomic E-state index is 0.199. The molecule has 92 valence electrons. The summed E-state index contributed by atoms with van der Waals surface area (Å²) in [6, 6.07) is 12.5. The molecule has 1 unspecified atom stereocenters. The van der Waals surface area contributed by atoms with Crippen LogP contribution in [0, 0.1) is 11.6 Å². The molecule has 0 heterocycles. The maximum atomic E-state index is 13.3. The Morgan fingerprint density at radius 1 is 0.944 bits per heavy atom. The summed E-state index contributed by atoms with van der Waals surface area (Å²) in [5.41, 5.74) is 3.47. The molecule has 0 spiro atoms. The Hall–Kier alpha value is -1.70. The molecule has 1 atom stereocenters. The third-order valence-electron chi connectivity index (χ3n) is 3.72. The van der Waals surface area contributed by atoms with Crippen LogP contribution in [0.15, 0.2) is 42.5 Å². The Labute approximate surface area is 105 Å². The van der Waals surface area contributed by atoms with Crippen LogP contribution in [0.25, 0.3) is 0 Å². The predicted molar refractivity (Wildman–Crippen MR) is 67.6 cm³/mol. The van der Waals surface area contributed by atoms with Gasteiger partial charge in [-0.15, -0.1) is 0 Å². The molecule has 0 bridgehead atoms. The van der Waals surface area contributed by atoms with Crippen LogP contribution in [-0.2, 0) is 6.42 Å². The van der Waals surface area contributed by atoms with Crippen LogP contribution in [0.5, 0.6) is 0 Å². The maximum absolute atomic E-state index is 13.3. The van der Waals surface area contributed by atoms with Gasteiger partial charge in [-0.3, -0.25) is 0 Å². The second-order valence-corrected chi connectivity index (χ2v) is 4.82. The summed E-state index contributed by atoms with van der Waals surface area (Å²) in [5.74, 6) is -1.33. The highest BCUT2D eigenvalue weighted by molar-refractivity contribution is 5.40. The fraction of sp³-hybridized carbons (Fsp3) is 0.250. The molecule has 0 amide bonds. The molecule has 0 nitrogen and oxygen atoms in total. The fourth-order valence-electron chi connectivity index (χ4n) is 2.83. The normalized spacial score (nSPS) is 18.4. The van der Waals surface area contributed by atoms with Crippen molar-refractivity contribution in [2.24, 2.45) is 0 Å². The van der Waals surface area contributed by atoms with E-state index in [0.29, 0.717) is 0 Å². The van der Waals surface area contributed by atoms with Crippen LogP contribution < -0.4 is 0 Å². The zero-order chi connectivity index (χ0) is 12.5. The molecule has 0 saturated heterocycles. The van der Waals surface area contributed by atoms with Crippen molar-refractivity contribution in [2.45, 2.75) is 25.2 Å². The summed E-state index contributed by atoms with van der Waals surface area (Å²) in [7, 11) is 0. The highest BCUT2D eigenvalue weighted by atomic mass is 19.2. The van der Waals surface area contributed by atoms with Gasteiger partial charge in [0.25, 0.3) is 0 Å². The summed E-state index contributed by atoms with van der Waals surface area (Å²) in [5, 5.41) is 0. The number of aryl methyl sites for hydroxylation is 1. The Kier molecular flexibility index (Phi) is 2.86. The number of benzene rings is 2. The van der Waals surface area contributed by atoms with Gasteiger partial charge in [-0.1, -0.05) is 30.3 Å². The predicted octanol–water partition coefficient (Wildman–Crippen LogP) is 4.43. The van der Waals surface area contributed by atoms with E-state index in [1.54, 1.807) is 6.07 Å². The largest absolute Gasteiger partial charge is 0.204 e. The molecule has 1 aliphatic rings. The zero-order valence-corrected chi connectivity index (χ0v) is 10.00. The second-order valence-electron chi connectivity index (χ2n) is 4.82. The number of hydrogen-bond acceptors (Lipinski definition) is 0. The molecule has 18 heavy (non-hydrogen) atoms. The Morgan fingerprint density at radius 3 is 2.61 bits per heavy atom. The molecule has 0 aliphatic heterocycles. The van der Waals surface area contributed by atoms with E-state index >= 15 is 0 Å². The number of fused-ring (bicyclic) bond motifs is 1. The van der Waals surface area contributed by atoms with Crippen LogP contribution in [-0.4, -0.2) is 0 Å². The van der Waals surface area contributed by atoms with Gasteiger partial charge in [-0.05, 0) is 48.1 Å². The second kappa shape index (κ2) is 4.52. The van der Waals surface area contributed by atoms with Crippen LogP contribution >= 0.6 is 0 Å². The molecule has 0 fully saturated rings. The van der Waals surface area contributed by atoms with Crippen LogP contribution in [0.1, 0.15) is 35.4 Å². The van der Waals surface area contributed by atoms with Crippen molar-refractivity contribution in [2.75, 3.05) is 0 Å². The number of halogens is 2. The van der Waals surface area contributed by atoms with Gasteiger partial charge in [-0.25, -0.2) is 8.78 Å². The molecule has 0 saturated carbocycles. The van der Waals surface area contributed by atoms with Gasteiger partial charge in [0, 0.05) is 5.92 Å². The first-order valence-corrected chi connectivity index (χ1v) is 6.28. The van der Waals surface area contributed by atoms with E-state index in [-0.39, 0.29) is 5.92 Å². The Bertz CT molecular complexity index is 575. The topological polar surface area (TPSA) is 0 Å². The minimum Gasteiger partial charge on any atom is -0.204 e. The number of hydrogen-bond donors (Lipinski definition) is 0. The van der Waals surface area contributed by atoms with Crippen molar-refractivity contribution < 1.29 is 8.78 Å². The van der Waals surface area contributed by atoms with Crippen molar-refractivity contribution in [1.29, 1.82) is 0 Å². The van der Waals surface area contributed by atoms with E-state index in [4.69, 9.17) is 0 Å². The summed E-state index contributed by atoms with van der Waals surface area (Å²) < 4.78 is 26.3. The molecule has 3 rings (SSSR count). The van der Waals surface area contributed by atoms with E-state index in [9.17, 15) is 8.78 Å². The van der Waals surface area contributed by atoms with Crippen molar-refractivity contribution in [3.8, 4) is 0 Å². The molecule has 0 radical (unpaired) electrons. The van der Waals surface area contributed by atoms with Crippen LogP contribution in [0.3, 0.4) is 0 Å². The lowest BCUT2D eigenvalue weighted by Crippen LogP contribution is -2.11. The third-order valence-corrected chi connectivity index (χ3v) is 3.72. The zero-order valence-electron chi connectivity index (χ0n) is 10.00. The lowest BCUT2D eigenvalue weighted by molar-refractivity contribution is 0.504. The minimum atomic E-state index is -0.775. The molecule has 2 aromatic rings. The fourth-order valence-corrected chi connectivity index (χ4v) is 2.83. The van der Waals surface area contributed by atoms with E-state index in [1.165, 1.54) is 23.3 Å². The van der Waals surface area contributed by atoms with Gasteiger partial charge < -0.3 is 0 Å². The van der Waals surface area contributed by atoms with Gasteiger partial charge in [0.2, 0.25) is 0 Å². The standard InChI is InChI=1S/C16H14F2/c17-15-9-8-12(10-16(15)18)14-7-3-5-11-4-1-2-6-13(11)14/h1-2,4,6,8-10,14H,3,5,7H2. The lowest BCUT2D eigenvalue weighted by Gasteiger charge is -2.25. The van der Waals surface area contributed by atoms with Crippen molar-refractivity contribution in [3.63, 3.8) is 0 Å². The van der Waals surface area contributed by atoms with Crippen molar-refractivity contribution in [3.05, 3.63) is 70.8 Å². The van der Waals surface area contributed by atoms with E-state index in [0.717, 1.165) is 24.8 Å². The maximum Gasteiger partial charge on any atom is 0.159 e. The first kappa shape index (κ1) is 11.4. The van der Waals surface area contributed by atoms with Crippen molar-refractivity contribution >= 4 is 0 Å². The highest BCUT2D eigenvalue weighted by Crippen LogP contribution is 2.36. The smallest absolute Gasteiger partial charge is 0.159 e. The van der Waals surface area contributed by atoms with Crippen LogP contribution in [0.2, 0.25) is 0 Å². The van der Waals surface area contributed by atoms with Gasteiger partial charge in [0.15, 0.2) is 11.6 Å². The first-order valence-electron chi connectivity index (χ1n) is 6.28. The molecular weight excluding hydrogens is 230 g/mol. The summed E-state index contributed by atoms with van der Waals surface area (Å²) in [6.07, 6.45) is 3.18. The Balaban J connectivity index is 2.05. The molecular formula is C16H14F2. The average molecular weight is 244 g/mol. The van der Waals surface area contributed by atoms with Crippen LogP contribution in [0.4, 0.5) is 8.78 Å². The Morgan fingerprint density at radius 2 is 1.78 bits per heavy atom. The van der Waals surface area contributed by atoms with Gasteiger partial charge >= 0.3 is 0 Å². The van der Waals surface area contributed by atoms with Crippen molar-refractivity contribution in [1.82, 2.24) is 0 Å². The monoisotopic (exact) mass is 244 g/mol. The highest BCUT2D eigenvalue weighted by Gasteiger charge is 2.22. The van der Waals surface area contributed by atoms with E-state index in [2.05, 4.69) is 12.1 Å².